The minimum atomic E-state index is -4.92. The van der Waals surface area contributed by atoms with Gasteiger partial charge in [-0.25, -0.2) is 0 Å². The molecule has 3 N–H and O–H groups in total. The van der Waals surface area contributed by atoms with E-state index in [1.807, 2.05) is 30.3 Å². The molecule has 2 aromatic rings. The molecule has 0 aliphatic heterocycles. The van der Waals surface area contributed by atoms with Crippen LogP contribution in [-0.4, -0.2) is 23.9 Å². The van der Waals surface area contributed by atoms with Crippen LogP contribution in [0.2, 0.25) is 0 Å². The standard InChI is InChI=1S/C22H23F6NO2/c1-14(15-7-17(21(23,24)25)9-18(8-15)22(26,27)28)31-13-19(10-20(29,11-19)12-30)16-5-3-2-4-6-16/h2-9,14,30H,10-13,29H2,1H3. The van der Waals surface area contributed by atoms with Gasteiger partial charge in [0.05, 0.1) is 30.4 Å². The third-order valence-corrected chi connectivity index (χ3v) is 5.77. The fraction of sp³-hybridized carbons (Fsp3) is 0.455. The van der Waals surface area contributed by atoms with Crippen LogP contribution in [-0.2, 0) is 22.5 Å². The van der Waals surface area contributed by atoms with Gasteiger partial charge >= 0.3 is 12.4 Å². The third kappa shape index (κ3) is 5.05. The smallest absolute Gasteiger partial charge is 0.394 e. The van der Waals surface area contributed by atoms with Crippen LogP contribution in [0.5, 0.6) is 0 Å². The predicted octanol–water partition coefficient (Wildman–Crippen LogP) is 5.22. The summed E-state index contributed by atoms with van der Waals surface area (Å²) in [5, 5.41) is 9.51. The van der Waals surface area contributed by atoms with Gasteiger partial charge in [0.1, 0.15) is 0 Å². The second-order valence-corrected chi connectivity index (χ2v) is 8.31. The number of rotatable bonds is 6. The summed E-state index contributed by atoms with van der Waals surface area (Å²) >= 11 is 0. The van der Waals surface area contributed by atoms with E-state index >= 15 is 0 Å². The fourth-order valence-corrected chi connectivity index (χ4v) is 4.18. The van der Waals surface area contributed by atoms with E-state index in [0.717, 1.165) is 5.56 Å². The topological polar surface area (TPSA) is 55.5 Å². The lowest BCUT2D eigenvalue weighted by Crippen LogP contribution is -2.64. The first kappa shape index (κ1) is 23.6. The van der Waals surface area contributed by atoms with Gasteiger partial charge in [-0.3, -0.25) is 0 Å². The Labute approximate surface area is 175 Å². The van der Waals surface area contributed by atoms with E-state index < -0.39 is 40.5 Å². The Kier molecular flexibility index (Phi) is 6.16. The van der Waals surface area contributed by atoms with Crippen molar-refractivity contribution in [1.29, 1.82) is 0 Å². The maximum atomic E-state index is 13.1. The van der Waals surface area contributed by atoms with E-state index in [-0.39, 0.29) is 24.8 Å². The summed E-state index contributed by atoms with van der Waals surface area (Å²) in [6, 6.07) is 10.6. The molecule has 3 rings (SSSR count). The third-order valence-electron chi connectivity index (χ3n) is 5.77. The molecule has 31 heavy (non-hydrogen) atoms. The van der Waals surface area contributed by atoms with Crippen molar-refractivity contribution >= 4 is 0 Å². The summed E-state index contributed by atoms with van der Waals surface area (Å²) in [7, 11) is 0. The van der Waals surface area contributed by atoms with Gasteiger partial charge < -0.3 is 15.6 Å². The summed E-state index contributed by atoms with van der Waals surface area (Å²) in [4.78, 5) is 0. The van der Waals surface area contributed by atoms with E-state index in [4.69, 9.17) is 10.5 Å². The molecule has 1 atom stereocenters. The first-order valence-electron chi connectivity index (χ1n) is 9.64. The van der Waals surface area contributed by atoms with Crippen molar-refractivity contribution < 1.29 is 36.2 Å². The van der Waals surface area contributed by atoms with E-state index in [9.17, 15) is 31.4 Å². The molecular weight excluding hydrogens is 424 g/mol. The van der Waals surface area contributed by atoms with Gasteiger partial charge in [0.15, 0.2) is 0 Å². The molecule has 0 bridgehead atoms. The zero-order chi connectivity index (χ0) is 23.1. The average molecular weight is 447 g/mol. The number of aliphatic hydroxyl groups excluding tert-OH is 1. The van der Waals surface area contributed by atoms with Gasteiger partial charge in [-0.2, -0.15) is 26.3 Å². The van der Waals surface area contributed by atoms with Crippen molar-refractivity contribution in [3.05, 3.63) is 70.8 Å². The van der Waals surface area contributed by atoms with Crippen molar-refractivity contribution in [3.8, 4) is 0 Å². The number of nitrogens with two attached hydrogens (primary N) is 1. The zero-order valence-electron chi connectivity index (χ0n) is 16.7. The van der Waals surface area contributed by atoms with Crippen LogP contribution < -0.4 is 5.73 Å². The lowest BCUT2D eigenvalue weighted by atomic mass is 9.55. The van der Waals surface area contributed by atoms with Crippen molar-refractivity contribution in [2.45, 2.75) is 49.2 Å². The zero-order valence-corrected chi connectivity index (χ0v) is 16.7. The normalized spacial score (nSPS) is 25.2. The molecule has 1 aliphatic rings. The first-order valence-corrected chi connectivity index (χ1v) is 9.64. The van der Waals surface area contributed by atoms with Gasteiger partial charge in [0.2, 0.25) is 0 Å². The summed E-state index contributed by atoms with van der Waals surface area (Å²) in [6.07, 6.45) is -10.1. The average Bonchev–Trinajstić information content (AvgIpc) is 2.69. The van der Waals surface area contributed by atoms with Crippen LogP contribution in [0.4, 0.5) is 26.3 Å². The Morgan fingerprint density at radius 2 is 1.48 bits per heavy atom. The van der Waals surface area contributed by atoms with Crippen LogP contribution in [0.3, 0.4) is 0 Å². The minimum Gasteiger partial charge on any atom is -0.394 e. The highest BCUT2D eigenvalue weighted by molar-refractivity contribution is 5.35. The summed E-state index contributed by atoms with van der Waals surface area (Å²) in [6.45, 7) is 1.21. The molecule has 0 heterocycles. The maximum Gasteiger partial charge on any atom is 0.416 e. The monoisotopic (exact) mass is 447 g/mol. The maximum absolute atomic E-state index is 13.1. The van der Waals surface area contributed by atoms with Gasteiger partial charge in [0.25, 0.3) is 0 Å². The quantitative estimate of drug-likeness (QED) is 0.597. The highest BCUT2D eigenvalue weighted by Crippen LogP contribution is 2.50. The number of hydrogen-bond donors (Lipinski definition) is 2. The van der Waals surface area contributed by atoms with Crippen molar-refractivity contribution in [2.24, 2.45) is 5.73 Å². The highest BCUT2D eigenvalue weighted by atomic mass is 19.4. The molecule has 0 aromatic heterocycles. The molecule has 1 unspecified atom stereocenters. The van der Waals surface area contributed by atoms with Gasteiger partial charge in [-0.1, -0.05) is 30.3 Å². The highest BCUT2D eigenvalue weighted by Gasteiger charge is 2.53. The second-order valence-electron chi connectivity index (χ2n) is 8.31. The number of aliphatic hydroxyl groups is 1. The minimum absolute atomic E-state index is 0.0364. The number of halogens is 6. The Bertz CT molecular complexity index is 872. The van der Waals surface area contributed by atoms with E-state index in [0.29, 0.717) is 25.0 Å². The first-order chi connectivity index (χ1) is 14.3. The number of benzene rings is 2. The summed E-state index contributed by atoms with van der Waals surface area (Å²) in [5.74, 6) is 0. The van der Waals surface area contributed by atoms with Crippen LogP contribution in [0, 0.1) is 0 Å². The van der Waals surface area contributed by atoms with E-state index in [2.05, 4.69) is 0 Å². The Balaban J connectivity index is 1.86. The Hall–Kier alpha value is -2.10. The lowest BCUT2D eigenvalue weighted by molar-refractivity contribution is -0.143. The molecule has 1 aliphatic carbocycles. The second kappa shape index (κ2) is 8.11. The Morgan fingerprint density at radius 3 is 1.94 bits per heavy atom. The number of ether oxygens (including phenoxy) is 1. The largest absolute Gasteiger partial charge is 0.416 e. The molecular formula is C22H23F6NO2. The molecule has 1 saturated carbocycles. The van der Waals surface area contributed by atoms with Crippen LogP contribution in [0.1, 0.15) is 48.1 Å². The van der Waals surface area contributed by atoms with Crippen LogP contribution >= 0.6 is 0 Å². The number of hydrogen-bond acceptors (Lipinski definition) is 3. The predicted molar refractivity (Wildman–Crippen MR) is 102 cm³/mol. The van der Waals surface area contributed by atoms with Crippen LogP contribution in [0.15, 0.2) is 48.5 Å². The molecule has 2 aromatic carbocycles. The van der Waals surface area contributed by atoms with Gasteiger partial charge in [-0.15, -0.1) is 0 Å². The van der Waals surface area contributed by atoms with Gasteiger partial charge in [0, 0.05) is 11.0 Å². The van der Waals surface area contributed by atoms with Crippen LogP contribution in [0.25, 0.3) is 0 Å². The van der Waals surface area contributed by atoms with Gasteiger partial charge in [-0.05, 0) is 49.1 Å². The van der Waals surface area contributed by atoms with E-state index in [1.54, 1.807) is 0 Å². The van der Waals surface area contributed by atoms with Crippen molar-refractivity contribution in [1.82, 2.24) is 0 Å². The van der Waals surface area contributed by atoms with E-state index in [1.165, 1.54) is 6.92 Å². The molecule has 0 saturated heterocycles. The molecule has 0 amide bonds. The van der Waals surface area contributed by atoms with Crippen molar-refractivity contribution in [3.63, 3.8) is 0 Å². The Morgan fingerprint density at radius 1 is 0.968 bits per heavy atom. The van der Waals surface area contributed by atoms with Crippen molar-refractivity contribution in [2.75, 3.05) is 13.2 Å². The molecule has 9 heteroatoms. The number of alkyl halides is 6. The molecule has 0 radical (unpaired) electrons. The molecule has 3 nitrogen and oxygen atoms in total. The molecule has 170 valence electrons. The SMILES string of the molecule is CC(OCC1(c2ccccc2)CC(N)(CO)C1)c1cc(C(F)(F)F)cc(C(F)(F)F)c1. The molecule has 0 spiro atoms. The fourth-order valence-electron chi connectivity index (χ4n) is 4.18. The lowest BCUT2D eigenvalue weighted by Gasteiger charge is -2.54. The molecule has 1 fully saturated rings. The summed E-state index contributed by atoms with van der Waals surface area (Å²) < 4.78 is 84.6. The summed E-state index contributed by atoms with van der Waals surface area (Å²) in [5.41, 5.74) is 2.64.